The van der Waals surface area contributed by atoms with E-state index in [2.05, 4.69) is 15.3 Å². The molecule has 0 fully saturated rings. The number of fused-ring (bicyclic) bond motifs is 1. The van der Waals surface area contributed by atoms with Crippen LogP contribution in [0.4, 0.5) is 15.8 Å². The van der Waals surface area contributed by atoms with Crippen LogP contribution in [0.3, 0.4) is 0 Å². The molecule has 1 N–H and O–H groups in total. The number of pyridine rings is 2. The molecule has 4 rings (SSSR count). The maximum atomic E-state index is 15.2. The molecule has 0 bridgehead atoms. The first-order valence-corrected chi connectivity index (χ1v) is 11.4. The van der Waals surface area contributed by atoms with Gasteiger partial charge in [0.15, 0.2) is 5.82 Å². The molecule has 4 aromatic rings. The van der Waals surface area contributed by atoms with E-state index in [1.54, 1.807) is 36.7 Å². The lowest BCUT2D eigenvalue weighted by atomic mass is 10.1. The summed E-state index contributed by atoms with van der Waals surface area (Å²) in [5, 5.41) is 3.87. The molecule has 30 heavy (non-hydrogen) atoms. The number of hydrogen-bond donors (Lipinski definition) is 1. The minimum absolute atomic E-state index is 0.294. The van der Waals surface area contributed by atoms with Gasteiger partial charge in [-0.15, -0.1) is 11.3 Å². The van der Waals surface area contributed by atoms with Crippen LogP contribution in [0, 0.1) is 5.82 Å². The standard InChI is InChI=1S/C18H11ClFN3S.3C2H6/c19-15-6-5-14(24-15)18-16(20)17(22-11-7-9-21-10-8-11)12-3-1-2-4-13(12)23-18;3*1-2/h1-10H,(H,21,22,23);3*1-2H3. The predicted octanol–water partition coefficient (Wildman–Crippen LogP) is 8.97. The van der Waals surface area contributed by atoms with E-state index in [0.29, 0.717) is 20.6 Å². The minimum Gasteiger partial charge on any atom is -0.352 e. The zero-order chi connectivity index (χ0) is 22.5. The fraction of sp³-hybridized carbons (Fsp3) is 0.250. The SMILES string of the molecule is CC.CC.CC.Fc1c(-c2ccc(Cl)s2)nc2ccccc2c1Nc1ccncc1. The van der Waals surface area contributed by atoms with Crippen molar-refractivity contribution >= 4 is 45.2 Å². The second-order valence-corrected chi connectivity index (χ2v) is 6.85. The summed E-state index contributed by atoms with van der Waals surface area (Å²) in [5.74, 6) is -0.399. The Balaban J connectivity index is 0.000000691. The fourth-order valence-corrected chi connectivity index (χ4v) is 3.52. The first kappa shape index (κ1) is 25.5. The van der Waals surface area contributed by atoms with Gasteiger partial charge in [-0.2, -0.15) is 0 Å². The van der Waals surface area contributed by atoms with Gasteiger partial charge in [0.05, 0.1) is 20.4 Å². The molecule has 0 amide bonds. The van der Waals surface area contributed by atoms with E-state index in [-0.39, 0.29) is 0 Å². The number of hydrogen-bond acceptors (Lipinski definition) is 4. The molecular formula is C24H29ClFN3S. The molecule has 0 spiro atoms. The molecule has 6 heteroatoms. The van der Waals surface area contributed by atoms with E-state index >= 15 is 4.39 Å². The summed E-state index contributed by atoms with van der Waals surface area (Å²) in [5.41, 5.74) is 2.17. The van der Waals surface area contributed by atoms with E-state index in [4.69, 9.17) is 11.6 Å². The summed E-state index contributed by atoms with van der Waals surface area (Å²) < 4.78 is 15.8. The van der Waals surface area contributed by atoms with Gasteiger partial charge in [0, 0.05) is 23.5 Å². The fourth-order valence-electron chi connectivity index (χ4n) is 2.50. The quantitative estimate of drug-likeness (QED) is 0.342. The molecule has 0 aliphatic rings. The highest BCUT2D eigenvalue weighted by molar-refractivity contribution is 7.19. The summed E-state index contributed by atoms with van der Waals surface area (Å²) in [6, 6.07) is 14.6. The van der Waals surface area contributed by atoms with Crippen LogP contribution in [-0.2, 0) is 0 Å². The van der Waals surface area contributed by atoms with Crippen LogP contribution in [0.2, 0.25) is 4.34 Å². The van der Waals surface area contributed by atoms with E-state index in [1.807, 2.05) is 65.8 Å². The number of benzene rings is 1. The van der Waals surface area contributed by atoms with Crippen LogP contribution in [0.1, 0.15) is 41.5 Å². The Hall–Kier alpha value is -2.50. The van der Waals surface area contributed by atoms with Crippen LogP contribution < -0.4 is 5.32 Å². The smallest absolute Gasteiger partial charge is 0.174 e. The van der Waals surface area contributed by atoms with Crippen molar-refractivity contribution in [3.05, 3.63) is 71.1 Å². The topological polar surface area (TPSA) is 37.8 Å². The van der Waals surface area contributed by atoms with Gasteiger partial charge in [-0.3, -0.25) is 4.98 Å². The number of halogens is 2. The van der Waals surface area contributed by atoms with Gasteiger partial charge in [0.2, 0.25) is 0 Å². The Morgan fingerprint density at radius 1 is 0.867 bits per heavy atom. The van der Waals surface area contributed by atoms with Gasteiger partial charge in [-0.1, -0.05) is 71.3 Å². The molecule has 3 nitrogen and oxygen atoms in total. The van der Waals surface area contributed by atoms with Gasteiger partial charge in [0.1, 0.15) is 5.69 Å². The molecule has 0 aliphatic heterocycles. The number of para-hydroxylation sites is 1. The molecule has 3 heterocycles. The second kappa shape index (κ2) is 13.7. The summed E-state index contributed by atoms with van der Waals surface area (Å²) in [6.07, 6.45) is 3.31. The molecule has 0 radical (unpaired) electrons. The molecule has 0 saturated heterocycles. The zero-order valence-corrected chi connectivity index (χ0v) is 19.9. The Labute approximate surface area is 188 Å². The number of aromatic nitrogens is 2. The van der Waals surface area contributed by atoms with E-state index in [9.17, 15) is 0 Å². The van der Waals surface area contributed by atoms with Crippen molar-refractivity contribution in [1.29, 1.82) is 0 Å². The maximum absolute atomic E-state index is 15.2. The van der Waals surface area contributed by atoms with Crippen molar-refractivity contribution in [1.82, 2.24) is 9.97 Å². The largest absolute Gasteiger partial charge is 0.352 e. The van der Waals surface area contributed by atoms with Crippen molar-refractivity contribution in [2.45, 2.75) is 41.5 Å². The van der Waals surface area contributed by atoms with Gasteiger partial charge in [0.25, 0.3) is 0 Å². The van der Waals surface area contributed by atoms with Gasteiger partial charge >= 0.3 is 0 Å². The second-order valence-electron chi connectivity index (χ2n) is 5.13. The molecule has 0 aliphatic carbocycles. The minimum atomic E-state index is -0.399. The summed E-state index contributed by atoms with van der Waals surface area (Å²) in [7, 11) is 0. The monoisotopic (exact) mass is 445 g/mol. The molecule has 3 aromatic heterocycles. The van der Waals surface area contributed by atoms with E-state index in [0.717, 1.165) is 16.6 Å². The normalized spacial score (nSPS) is 9.33. The Kier molecular flexibility index (Phi) is 11.6. The van der Waals surface area contributed by atoms with Crippen LogP contribution in [-0.4, -0.2) is 9.97 Å². The third-order valence-corrected chi connectivity index (χ3v) is 4.83. The van der Waals surface area contributed by atoms with Crippen LogP contribution in [0.15, 0.2) is 60.9 Å². The van der Waals surface area contributed by atoms with E-state index < -0.39 is 5.82 Å². The van der Waals surface area contributed by atoms with Crippen LogP contribution in [0.5, 0.6) is 0 Å². The van der Waals surface area contributed by atoms with Gasteiger partial charge < -0.3 is 5.32 Å². The zero-order valence-electron chi connectivity index (χ0n) is 18.3. The molecular weight excluding hydrogens is 417 g/mol. The van der Waals surface area contributed by atoms with Crippen LogP contribution >= 0.6 is 22.9 Å². The summed E-state index contributed by atoms with van der Waals surface area (Å²) in [6.45, 7) is 12.0. The molecule has 160 valence electrons. The van der Waals surface area contributed by atoms with Crippen molar-refractivity contribution in [2.24, 2.45) is 0 Å². The third kappa shape index (κ3) is 6.25. The predicted molar refractivity (Wildman–Crippen MR) is 132 cm³/mol. The Morgan fingerprint density at radius 3 is 2.10 bits per heavy atom. The van der Waals surface area contributed by atoms with Crippen molar-refractivity contribution < 1.29 is 4.39 Å². The lowest BCUT2D eigenvalue weighted by Crippen LogP contribution is -1.99. The maximum Gasteiger partial charge on any atom is 0.174 e. The van der Waals surface area contributed by atoms with Gasteiger partial charge in [-0.25, -0.2) is 9.37 Å². The van der Waals surface area contributed by atoms with Crippen molar-refractivity contribution in [3.8, 4) is 10.6 Å². The number of rotatable bonds is 3. The Morgan fingerprint density at radius 2 is 1.50 bits per heavy atom. The number of nitrogens with one attached hydrogen (secondary N) is 1. The highest BCUT2D eigenvalue weighted by atomic mass is 35.5. The van der Waals surface area contributed by atoms with Gasteiger partial charge in [-0.05, 0) is 30.3 Å². The summed E-state index contributed by atoms with van der Waals surface area (Å²) in [4.78, 5) is 9.16. The highest BCUT2D eigenvalue weighted by Gasteiger charge is 2.18. The summed E-state index contributed by atoms with van der Waals surface area (Å²) >= 11 is 7.30. The highest BCUT2D eigenvalue weighted by Crippen LogP contribution is 2.37. The van der Waals surface area contributed by atoms with Crippen molar-refractivity contribution in [2.75, 3.05) is 5.32 Å². The number of nitrogens with zero attached hydrogens (tertiary/aromatic N) is 2. The lowest BCUT2D eigenvalue weighted by molar-refractivity contribution is 0.632. The number of anilines is 2. The third-order valence-electron chi connectivity index (χ3n) is 3.59. The Bertz CT molecular complexity index is 1020. The average Bonchev–Trinajstić information content (AvgIpc) is 3.26. The molecule has 1 aromatic carbocycles. The lowest BCUT2D eigenvalue weighted by Gasteiger charge is -2.13. The first-order valence-electron chi connectivity index (χ1n) is 10.2. The average molecular weight is 446 g/mol. The molecule has 0 unspecified atom stereocenters. The van der Waals surface area contributed by atoms with Crippen molar-refractivity contribution in [3.63, 3.8) is 0 Å². The molecule has 0 saturated carbocycles. The number of thiophene rings is 1. The van der Waals surface area contributed by atoms with Crippen LogP contribution in [0.25, 0.3) is 21.5 Å². The molecule has 0 atom stereocenters. The van der Waals surface area contributed by atoms with E-state index in [1.165, 1.54) is 11.3 Å². The first-order chi connectivity index (χ1) is 14.7.